The molecular weight excluding hydrogens is 383 g/mol. The Kier molecular flexibility index (Phi) is 5.29. The summed E-state index contributed by atoms with van der Waals surface area (Å²) in [6.07, 6.45) is 1.61. The first-order valence-electron chi connectivity index (χ1n) is 8.07. The van der Waals surface area contributed by atoms with Gasteiger partial charge in [-0.15, -0.1) is 0 Å². The number of nitrogens with zero attached hydrogens (tertiary/aromatic N) is 4. The molecule has 0 saturated carbocycles. The molecule has 0 atom stereocenters. The van der Waals surface area contributed by atoms with Crippen LogP contribution in [0, 0.1) is 6.92 Å². The molecule has 0 radical (unpaired) electrons. The van der Waals surface area contributed by atoms with Gasteiger partial charge in [-0.05, 0) is 32.0 Å². The number of aromatic nitrogens is 2. The van der Waals surface area contributed by atoms with E-state index in [0.29, 0.717) is 48.5 Å². The molecule has 1 aromatic carbocycles. The van der Waals surface area contributed by atoms with Crippen LogP contribution in [0.25, 0.3) is 0 Å². The van der Waals surface area contributed by atoms with Crippen LogP contribution in [-0.2, 0) is 16.6 Å². The number of rotatable bonds is 4. The fraction of sp³-hybridized carbons (Fsp3) is 0.438. The summed E-state index contributed by atoms with van der Waals surface area (Å²) in [5.74, 6) is 0. The van der Waals surface area contributed by atoms with Crippen molar-refractivity contribution in [3.8, 4) is 0 Å². The molecule has 0 amide bonds. The van der Waals surface area contributed by atoms with Crippen molar-refractivity contribution in [3.63, 3.8) is 0 Å². The van der Waals surface area contributed by atoms with Gasteiger partial charge >= 0.3 is 0 Å². The van der Waals surface area contributed by atoms with E-state index in [1.807, 2.05) is 19.1 Å². The average Bonchev–Trinajstić information content (AvgIpc) is 2.99. The molecule has 25 heavy (non-hydrogen) atoms. The SMILES string of the molecule is CCn1cc(S(=O)(=O)N2CCN(c3ccc(Cl)c(Cl)c3)CC2)c(C)n1. The van der Waals surface area contributed by atoms with Gasteiger partial charge in [0.15, 0.2) is 0 Å². The van der Waals surface area contributed by atoms with Gasteiger partial charge in [0.2, 0.25) is 10.0 Å². The second kappa shape index (κ2) is 7.15. The highest BCUT2D eigenvalue weighted by atomic mass is 35.5. The van der Waals surface area contributed by atoms with E-state index in [4.69, 9.17) is 23.2 Å². The van der Waals surface area contributed by atoms with E-state index in [2.05, 4.69) is 10.00 Å². The Hall–Kier alpha value is -1.28. The largest absolute Gasteiger partial charge is 0.369 e. The molecule has 1 saturated heterocycles. The maximum absolute atomic E-state index is 12.9. The fourth-order valence-electron chi connectivity index (χ4n) is 2.92. The maximum atomic E-state index is 12.9. The molecule has 1 aromatic heterocycles. The lowest BCUT2D eigenvalue weighted by Crippen LogP contribution is -2.48. The molecule has 1 aliphatic rings. The van der Waals surface area contributed by atoms with E-state index in [1.54, 1.807) is 23.9 Å². The van der Waals surface area contributed by atoms with Crippen molar-refractivity contribution in [2.75, 3.05) is 31.1 Å². The molecule has 1 fully saturated rings. The lowest BCUT2D eigenvalue weighted by Gasteiger charge is -2.35. The first-order valence-corrected chi connectivity index (χ1v) is 10.3. The molecule has 6 nitrogen and oxygen atoms in total. The minimum absolute atomic E-state index is 0.289. The minimum atomic E-state index is -3.53. The second-order valence-electron chi connectivity index (χ2n) is 5.92. The van der Waals surface area contributed by atoms with Gasteiger partial charge in [-0.3, -0.25) is 4.68 Å². The number of piperazine rings is 1. The molecule has 0 spiro atoms. The Morgan fingerprint density at radius 2 is 1.80 bits per heavy atom. The van der Waals surface area contributed by atoms with Gasteiger partial charge in [0, 0.05) is 44.6 Å². The van der Waals surface area contributed by atoms with Crippen molar-refractivity contribution >= 4 is 38.9 Å². The normalized spacial score (nSPS) is 16.4. The van der Waals surface area contributed by atoms with E-state index in [1.165, 1.54) is 4.31 Å². The van der Waals surface area contributed by atoms with Gasteiger partial charge in [-0.25, -0.2) is 8.42 Å². The zero-order valence-corrected chi connectivity index (χ0v) is 16.4. The molecule has 2 aromatic rings. The minimum Gasteiger partial charge on any atom is -0.369 e. The molecule has 0 aliphatic carbocycles. The molecular formula is C16H20Cl2N4O2S. The van der Waals surface area contributed by atoms with E-state index < -0.39 is 10.0 Å². The number of anilines is 1. The Labute approximate surface area is 158 Å². The predicted octanol–water partition coefficient (Wildman–Crippen LogP) is 3.03. The van der Waals surface area contributed by atoms with Crippen LogP contribution in [0.3, 0.4) is 0 Å². The zero-order chi connectivity index (χ0) is 18.2. The molecule has 3 rings (SSSR count). The van der Waals surface area contributed by atoms with Gasteiger partial charge in [0.25, 0.3) is 0 Å². The summed E-state index contributed by atoms with van der Waals surface area (Å²) < 4.78 is 29.0. The first-order chi connectivity index (χ1) is 11.8. The first kappa shape index (κ1) is 18.5. The molecule has 2 heterocycles. The highest BCUT2D eigenvalue weighted by Gasteiger charge is 2.31. The third-order valence-corrected chi connectivity index (χ3v) is 7.09. The average molecular weight is 403 g/mol. The van der Waals surface area contributed by atoms with Crippen molar-refractivity contribution < 1.29 is 8.42 Å². The smallest absolute Gasteiger partial charge is 0.246 e. The maximum Gasteiger partial charge on any atom is 0.246 e. The summed E-state index contributed by atoms with van der Waals surface area (Å²) in [6.45, 7) is 6.32. The summed E-state index contributed by atoms with van der Waals surface area (Å²) >= 11 is 12.0. The van der Waals surface area contributed by atoms with Gasteiger partial charge in [0.05, 0.1) is 15.7 Å². The van der Waals surface area contributed by atoms with E-state index >= 15 is 0 Å². The highest BCUT2D eigenvalue weighted by molar-refractivity contribution is 7.89. The summed E-state index contributed by atoms with van der Waals surface area (Å²) in [7, 11) is -3.53. The molecule has 9 heteroatoms. The molecule has 0 bridgehead atoms. The van der Waals surface area contributed by atoms with Crippen molar-refractivity contribution in [2.45, 2.75) is 25.3 Å². The molecule has 136 valence electrons. The van der Waals surface area contributed by atoms with Crippen molar-refractivity contribution in [3.05, 3.63) is 40.1 Å². The third kappa shape index (κ3) is 3.65. The van der Waals surface area contributed by atoms with E-state index in [-0.39, 0.29) is 4.90 Å². The van der Waals surface area contributed by atoms with Gasteiger partial charge in [0.1, 0.15) is 4.90 Å². The number of benzene rings is 1. The Bertz CT molecular complexity index is 874. The van der Waals surface area contributed by atoms with Crippen LogP contribution in [0.2, 0.25) is 10.0 Å². The molecule has 0 N–H and O–H groups in total. The van der Waals surface area contributed by atoms with Crippen LogP contribution in [0.5, 0.6) is 0 Å². The van der Waals surface area contributed by atoms with Crippen LogP contribution in [0.1, 0.15) is 12.6 Å². The van der Waals surface area contributed by atoms with Crippen LogP contribution >= 0.6 is 23.2 Å². The quantitative estimate of drug-likeness (QED) is 0.788. The van der Waals surface area contributed by atoms with E-state index in [9.17, 15) is 8.42 Å². The van der Waals surface area contributed by atoms with Crippen LogP contribution in [-0.4, -0.2) is 48.7 Å². The third-order valence-electron chi connectivity index (χ3n) is 4.35. The number of aryl methyl sites for hydroxylation is 2. The second-order valence-corrected chi connectivity index (χ2v) is 8.64. The van der Waals surface area contributed by atoms with Crippen molar-refractivity contribution in [1.29, 1.82) is 0 Å². The summed E-state index contributed by atoms with van der Waals surface area (Å²) in [5.41, 5.74) is 1.48. The number of hydrogen-bond donors (Lipinski definition) is 0. The standard InChI is InChI=1S/C16H20Cl2N4O2S/c1-3-21-11-16(12(2)19-21)25(23,24)22-8-6-20(7-9-22)13-4-5-14(17)15(18)10-13/h4-5,10-11H,3,6-9H2,1-2H3. The lowest BCUT2D eigenvalue weighted by molar-refractivity contribution is 0.384. The van der Waals surface area contributed by atoms with Crippen LogP contribution < -0.4 is 4.90 Å². The summed E-state index contributed by atoms with van der Waals surface area (Å²) in [6, 6.07) is 5.46. The summed E-state index contributed by atoms with van der Waals surface area (Å²) in [5, 5.41) is 5.25. The predicted molar refractivity (Wildman–Crippen MR) is 100 cm³/mol. The van der Waals surface area contributed by atoms with Crippen molar-refractivity contribution in [1.82, 2.24) is 14.1 Å². The highest BCUT2D eigenvalue weighted by Crippen LogP contribution is 2.28. The zero-order valence-electron chi connectivity index (χ0n) is 14.1. The molecule has 0 unspecified atom stereocenters. The topological polar surface area (TPSA) is 58.4 Å². The Morgan fingerprint density at radius 3 is 2.36 bits per heavy atom. The van der Waals surface area contributed by atoms with Crippen LogP contribution in [0.4, 0.5) is 5.69 Å². The lowest BCUT2D eigenvalue weighted by atomic mass is 10.2. The van der Waals surface area contributed by atoms with Gasteiger partial charge < -0.3 is 4.90 Å². The fourth-order valence-corrected chi connectivity index (χ4v) is 4.81. The number of sulfonamides is 1. The monoisotopic (exact) mass is 402 g/mol. The van der Waals surface area contributed by atoms with Crippen molar-refractivity contribution in [2.24, 2.45) is 0 Å². The van der Waals surface area contributed by atoms with Crippen LogP contribution in [0.15, 0.2) is 29.3 Å². The Morgan fingerprint density at radius 1 is 1.12 bits per heavy atom. The molecule has 1 aliphatic heterocycles. The summed E-state index contributed by atoms with van der Waals surface area (Å²) in [4.78, 5) is 2.40. The van der Waals surface area contributed by atoms with E-state index in [0.717, 1.165) is 5.69 Å². The Balaban J connectivity index is 1.74. The number of hydrogen-bond acceptors (Lipinski definition) is 4. The van der Waals surface area contributed by atoms with Gasteiger partial charge in [-0.1, -0.05) is 23.2 Å². The van der Waals surface area contributed by atoms with Gasteiger partial charge in [-0.2, -0.15) is 9.40 Å². The number of halogens is 2.